The van der Waals surface area contributed by atoms with Gasteiger partial charge in [0.05, 0.1) is 12.6 Å². The Labute approximate surface area is 153 Å². The van der Waals surface area contributed by atoms with Gasteiger partial charge in [-0.2, -0.15) is 5.26 Å². The first-order chi connectivity index (χ1) is 12.7. The lowest BCUT2D eigenvalue weighted by Gasteiger charge is -2.23. The van der Waals surface area contributed by atoms with Crippen molar-refractivity contribution in [3.8, 4) is 11.8 Å². The molecule has 0 radical (unpaired) electrons. The smallest absolute Gasteiger partial charge is 0.237 e. The lowest BCUT2D eigenvalue weighted by Crippen LogP contribution is -2.42. The Balaban J connectivity index is 1.37. The summed E-state index contributed by atoms with van der Waals surface area (Å²) in [6, 6.07) is 9.94. The summed E-state index contributed by atoms with van der Waals surface area (Å²) in [5.74, 6) is 0.929. The SMILES string of the molecule is N#C[C@@H]1CCCN1C(=O)CN1CC[C@H](Oc2cccc3cnccc23)C1. The highest BCUT2D eigenvalue weighted by Gasteiger charge is 2.32. The predicted octanol–water partition coefficient (Wildman–Crippen LogP) is 2.20. The summed E-state index contributed by atoms with van der Waals surface area (Å²) in [7, 11) is 0. The van der Waals surface area contributed by atoms with Crippen molar-refractivity contribution in [2.45, 2.75) is 31.4 Å². The lowest BCUT2D eigenvalue weighted by atomic mass is 10.1. The fourth-order valence-corrected chi connectivity index (χ4v) is 3.89. The summed E-state index contributed by atoms with van der Waals surface area (Å²) in [4.78, 5) is 20.5. The number of hydrogen-bond acceptors (Lipinski definition) is 5. The summed E-state index contributed by atoms with van der Waals surface area (Å²) < 4.78 is 6.22. The van der Waals surface area contributed by atoms with Crippen molar-refractivity contribution in [2.24, 2.45) is 0 Å². The van der Waals surface area contributed by atoms with E-state index >= 15 is 0 Å². The molecule has 0 unspecified atom stereocenters. The molecule has 6 heteroatoms. The normalized spacial score (nSPS) is 23.3. The standard InChI is InChI=1S/C20H22N4O2/c21-11-16-4-2-9-24(16)20(25)14-23-10-7-17(13-23)26-19-5-1-3-15-12-22-8-6-18(15)19/h1,3,5-6,8,12,16-17H,2,4,7,9-10,13-14H2/t16-,17-/m0/s1. The van der Waals surface area contributed by atoms with Gasteiger partial charge >= 0.3 is 0 Å². The van der Waals surface area contributed by atoms with Crippen LogP contribution in [0.25, 0.3) is 10.8 Å². The number of carbonyl (C=O) groups is 1. The van der Waals surface area contributed by atoms with Crippen molar-refractivity contribution in [3.63, 3.8) is 0 Å². The maximum absolute atomic E-state index is 12.5. The van der Waals surface area contributed by atoms with Crippen LogP contribution in [-0.2, 0) is 4.79 Å². The van der Waals surface area contributed by atoms with Crippen LogP contribution in [0.4, 0.5) is 0 Å². The van der Waals surface area contributed by atoms with E-state index in [2.05, 4.69) is 16.0 Å². The minimum absolute atomic E-state index is 0.0611. The molecule has 1 amide bonds. The number of nitrogens with zero attached hydrogens (tertiary/aromatic N) is 4. The molecule has 0 aliphatic carbocycles. The first kappa shape index (κ1) is 16.8. The first-order valence-electron chi connectivity index (χ1n) is 9.15. The molecule has 2 aromatic rings. The van der Waals surface area contributed by atoms with Gasteiger partial charge in [0.15, 0.2) is 0 Å². The van der Waals surface area contributed by atoms with E-state index in [1.807, 2.05) is 30.5 Å². The zero-order valence-electron chi connectivity index (χ0n) is 14.7. The number of nitriles is 1. The number of benzene rings is 1. The highest BCUT2D eigenvalue weighted by Crippen LogP contribution is 2.27. The fraction of sp³-hybridized carbons (Fsp3) is 0.450. The first-order valence-corrected chi connectivity index (χ1v) is 9.15. The van der Waals surface area contributed by atoms with Crippen molar-refractivity contribution in [3.05, 3.63) is 36.7 Å². The molecule has 2 atom stereocenters. The van der Waals surface area contributed by atoms with Crippen LogP contribution in [-0.4, -0.2) is 59.0 Å². The number of carbonyl (C=O) groups excluding carboxylic acids is 1. The number of likely N-dealkylation sites (tertiary alicyclic amines) is 2. The topological polar surface area (TPSA) is 69.5 Å². The second-order valence-electron chi connectivity index (χ2n) is 6.99. The van der Waals surface area contributed by atoms with Crippen LogP contribution in [0.5, 0.6) is 5.75 Å². The maximum Gasteiger partial charge on any atom is 0.237 e. The van der Waals surface area contributed by atoms with Gasteiger partial charge in [-0.25, -0.2) is 0 Å². The van der Waals surface area contributed by atoms with E-state index in [1.165, 1.54) is 0 Å². The van der Waals surface area contributed by atoms with Crippen molar-refractivity contribution < 1.29 is 9.53 Å². The fourth-order valence-electron chi connectivity index (χ4n) is 3.89. The van der Waals surface area contributed by atoms with Crippen LogP contribution in [0, 0.1) is 11.3 Å². The Bertz CT molecular complexity index is 842. The maximum atomic E-state index is 12.5. The molecule has 0 spiro atoms. The van der Waals surface area contributed by atoms with Gasteiger partial charge in [-0.3, -0.25) is 14.7 Å². The third-order valence-corrected chi connectivity index (χ3v) is 5.24. The van der Waals surface area contributed by atoms with Gasteiger partial charge in [-0.05, 0) is 31.4 Å². The van der Waals surface area contributed by atoms with E-state index in [0.29, 0.717) is 13.1 Å². The number of hydrogen-bond donors (Lipinski definition) is 0. The van der Waals surface area contributed by atoms with Crippen molar-refractivity contribution in [1.82, 2.24) is 14.8 Å². The molecule has 0 saturated carbocycles. The Morgan fingerprint density at radius 1 is 1.31 bits per heavy atom. The molecule has 2 saturated heterocycles. The molecule has 0 bridgehead atoms. The van der Waals surface area contributed by atoms with E-state index in [0.717, 1.165) is 48.9 Å². The Morgan fingerprint density at radius 2 is 2.23 bits per heavy atom. The number of rotatable bonds is 4. The largest absolute Gasteiger partial charge is 0.488 e. The van der Waals surface area contributed by atoms with Gasteiger partial charge in [-0.15, -0.1) is 0 Å². The summed E-state index contributed by atoms with van der Waals surface area (Å²) in [5, 5.41) is 11.3. The summed E-state index contributed by atoms with van der Waals surface area (Å²) >= 11 is 0. The zero-order valence-corrected chi connectivity index (χ0v) is 14.7. The van der Waals surface area contributed by atoms with Gasteiger partial charge in [-0.1, -0.05) is 12.1 Å². The van der Waals surface area contributed by atoms with Crippen LogP contribution in [0.3, 0.4) is 0 Å². The Kier molecular flexibility index (Phi) is 4.72. The monoisotopic (exact) mass is 350 g/mol. The van der Waals surface area contributed by atoms with Crippen molar-refractivity contribution in [1.29, 1.82) is 5.26 Å². The predicted molar refractivity (Wildman–Crippen MR) is 97.6 cm³/mol. The average Bonchev–Trinajstić information content (AvgIpc) is 3.31. The third kappa shape index (κ3) is 3.35. The molecular formula is C20H22N4O2. The van der Waals surface area contributed by atoms with E-state index in [-0.39, 0.29) is 18.1 Å². The third-order valence-electron chi connectivity index (χ3n) is 5.24. The molecule has 2 aliphatic heterocycles. The molecule has 4 rings (SSSR count). The summed E-state index contributed by atoms with van der Waals surface area (Å²) in [5.41, 5.74) is 0. The average molecular weight is 350 g/mol. The molecule has 2 aliphatic rings. The number of fused-ring (bicyclic) bond motifs is 1. The summed E-state index contributed by atoms with van der Waals surface area (Å²) in [6.07, 6.45) is 6.30. The van der Waals surface area contributed by atoms with E-state index in [1.54, 1.807) is 11.1 Å². The Morgan fingerprint density at radius 3 is 3.12 bits per heavy atom. The van der Waals surface area contributed by atoms with E-state index in [4.69, 9.17) is 10.00 Å². The van der Waals surface area contributed by atoms with Crippen molar-refractivity contribution >= 4 is 16.7 Å². The van der Waals surface area contributed by atoms with Crippen LogP contribution >= 0.6 is 0 Å². The van der Waals surface area contributed by atoms with Gasteiger partial charge in [0.2, 0.25) is 5.91 Å². The highest BCUT2D eigenvalue weighted by molar-refractivity contribution is 5.87. The van der Waals surface area contributed by atoms with Gasteiger partial charge < -0.3 is 9.64 Å². The second-order valence-corrected chi connectivity index (χ2v) is 6.99. The number of pyridine rings is 1. The van der Waals surface area contributed by atoms with Crippen molar-refractivity contribution in [2.75, 3.05) is 26.2 Å². The van der Waals surface area contributed by atoms with Crippen LogP contribution in [0.2, 0.25) is 0 Å². The van der Waals surface area contributed by atoms with Crippen LogP contribution in [0.15, 0.2) is 36.7 Å². The van der Waals surface area contributed by atoms with Gasteiger partial charge in [0.25, 0.3) is 0 Å². The van der Waals surface area contributed by atoms with Crippen LogP contribution in [0.1, 0.15) is 19.3 Å². The lowest BCUT2D eigenvalue weighted by molar-refractivity contribution is -0.132. The van der Waals surface area contributed by atoms with Gasteiger partial charge in [0.1, 0.15) is 17.9 Å². The second kappa shape index (κ2) is 7.30. The Hall–Kier alpha value is -2.65. The number of ether oxygens (including phenoxy) is 1. The molecule has 1 aromatic heterocycles. The minimum Gasteiger partial charge on any atom is -0.488 e. The zero-order chi connectivity index (χ0) is 17.9. The molecular weight excluding hydrogens is 328 g/mol. The highest BCUT2D eigenvalue weighted by atomic mass is 16.5. The quantitative estimate of drug-likeness (QED) is 0.845. The molecule has 0 N–H and O–H groups in total. The van der Waals surface area contributed by atoms with E-state index < -0.39 is 0 Å². The minimum atomic E-state index is -0.249. The van der Waals surface area contributed by atoms with E-state index in [9.17, 15) is 4.79 Å². The molecule has 26 heavy (non-hydrogen) atoms. The van der Waals surface area contributed by atoms with Gasteiger partial charge in [0, 0.05) is 42.8 Å². The number of aromatic nitrogens is 1. The molecule has 134 valence electrons. The van der Waals surface area contributed by atoms with Crippen LogP contribution < -0.4 is 4.74 Å². The molecule has 2 fully saturated rings. The molecule has 6 nitrogen and oxygen atoms in total. The number of amides is 1. The summed E-state index contributed by atoms with van der Waals surface area (Å²) in [6.45, 7) is 2.65. The molecule has 1 aromatic carbocycles. The molecule has 3 heterocycles.